The van der Waals surface area contributed by atoms with Gasteiger partial charge in [-0.25, -0.2) is 4.98 Å². The minimum absolute atomic E-state index is 0.0769. The first-order valence-electron chi connectivity index (χ1n) is 8.75. The highest BCUT2D eigenvalue weighted by atomic mass is 32.1. The summed E-state index contributed by atoms with van der Waals surface area (Å²) in [5.74, 6) is 1.66. The number of hydrogen-bond acceptors (Lipinski definition) is 4. The van der Waals surface area contributed by atoms with E-state index in [2.05, 4.69) is 54.8 Å². The van der Waals surface area contributed by atoms with Gasteiger partial charge in [0.1, 0.15) is 16.4 Å². The summed E-state index contributed by atoms with van der Waals surface area (Å²) < 4.78 is 5.94. The highest BCUT2D eigenvalue weighted by Crippen LogP contribution is 2.25. The summed E-state index contributed by atoms with van der Waals surface area (Å²) in [6.45, 7) is 9.85. The van der Waals surface area contributed by atoms with Crippen LogP contribution in [0.5, 0.6) is 0 Å². The molecular formula is C20H26N4OS. The van der Waals surface area contributed by atoms with E-state index in [4.69, 9.17) is 9.40 Å². The lowest BCUT2D eigenvalue weighted by Crippen LogP contribution is -2.36. The molecule has 2 aromatic heterocycles. The van der Waals surface area contributed by atoms with Crippen molar-refractivity contribution in [3.05, 3.63) is 51.7 Å². The zero-order valence-corrected chi connectivity index (χ0v) is 16.8. The van der Waals surface area contributed by atoms with E-state index in [0.717, 1.165) is 33.4 Å². The first-order valence-corrected chi connectivity index (χ1v) is 9.63. The van der Waals surface area contributed by atoms with Crippen molar-refractivity contribution in [1.29, 1.82) is 0 Å². The van der Waals surface area contributed by atoms with Crippen LogP contribution in [0.4, 0.5) is 0 Å². The number of rotatable bonds is 4. The number of benzene rings is 1. The Kier molecular flexibility index (Phi) is 5.32. The fourth-order valence-electron chi connectivity index (χ4n) is 2.67. The molecule has 0 saturated heterocycles. The van der Waals surface area contributed by atoms with Crippen molar-refractivity contribution in [2.75, 3.05) is 7.05 Å². The number of furan rings is 1. The summed E-state index contributed by atoms with van der Waals surface area (Å²) in [5.41, 5.74) is 3.29. The second kappa shape index (κ2) is 7.50. The second-order valence-electron chi connectivity index (χ2n) is 7.30. The molecule has 3 rings (SSSR count). The lowest BCUT2D eigenvalue weighted by Gasteiger charge is -2.14. The van der Waals surface area contributed by atoms with Gasteiger partial charge in [-0.15, -0.1) is 11.3 Å². The first-order chi connectivity index (χ1) is 12.4. The summed E-state index contributed by atoms with van der Waals surface area (Å²) in [4.78, 5) is 8.99. The number of aryl methyl sites for hydroxylation is 1. The molecule has 0 atom stereocenters. The zero-order chi connectivity index (χ0) is 18.7. The lowest BCUT2D eigenvalue weighted by molar-refractivity contribution is 0.534. The maximum Gasteiger partial charge on any atom is 0.191 e. The van der Waals surface area contributed by atoms with Gasteiger partial charge in [0, 0.05) is 28.8 Å². The quantitative estimate of drug-likeness (QED) is 0.529. The highest BCUT2D eigenvalue weighted by Gasteiger charge is 2.17. The molecule has 2 heterocycles. The van der Waals surface area contributed by atoms with Crippen LogP contribution in [0, 0.1) is 6.92 Å². The van der Waals surface area contributed by atoms with Gasteiger partial charge in [-0.2, -0.15) is 0 Å². The summed E-state index contributed by atoms with van der Waals surface area (Å²) >= 11 is 1.67. The molecule has 138 valence electrons. The number of hydrogen-bond donors (Lipinski definition) is 2. The molecule has 5 nitrogen and oxygen atoms in total. The molecule has 0 bridgehead atoms. The Balaban J connectivity index is 1.59. The number of aromatic nitrogens is 1. The standard InChI is InChI=1S/C20H26N4OS/c1-13-14-8-6-7-9-15(14)25-16(13)10-22-19(21-5)23-11-18-24-17(12-26-18)20(2,3)4/h6-9,12H,10-11H2,1-5H3,(H2,21,22,23). The van der Waals surface area contributed by atoms with E-state index in [9.17, 15) is 0 Å². The van der Waals surface area contributed by atoms with Crippen molar-refractivity contribution in [2.24, 2.45) is 4.99 Å². The van der Waals surface area contributed by atoms with E-state index in [1.165, 1.54) is 5.56 Å². The van der Waals surface area contributed by atoms with Crippen molar-refractivity contribution >= 4 is 28.3 Å². The van der Waals surface area contributed by atoms with Crippen molar-refractivity contribution in [1.82, 2.24) is 15.6 Å². The highest BCUT2D eigenvalue weighted by molar-refractivity contribution is 7.09. The van der Waals surface area contributed by atoms with Crippen LogP contribution in [0.25, 0.3) is 11.0 Å². The fraction of sp³-hybridized carbons (Fsp3) is 0.400. The number of para-hydroxylation sites is 1. The Morgan fingerprint density at radius 2 is 1.92 bits per heavy atom. The van der Waals surface area contributed by atoms with Crippen LogP contribution in [0.15, 0.2) is 39.1 Å². The van der Waals surface area contributed by atoms with Crippen molar-refractivity contribution < 1.29 is 4.42 Å². The molecule has 0 amide bonds. The molecule has 0 radical (unpaired) electrons. The Morgan fingerprint density at radius 3 is 2.58 bits per heavy atom. The summed E-state index contributed by atoms with van der Waals surface area (Å²) in [5, 5.41) is 11.0. The molecule has 0 aliphatic rings. The SMILES string of the molecule is CN=C(NCc1nc(C(C)(C)C)cs1)NCc1oc2ccccc2c1C. The Bertz CT molecular complexity index is 917. The second-order valence-corrected chi connectivity index (χ2v) is 8.24. The first kappa shape index (κ1) is 18.5. The molecule has 3 aromatic rings. The maximum atomic E-state index is 5.94. The minimum atomic E-state index is 0.0769. The topological polar surface area (TPSA) is 62.5 Å². The van der Waals surface area contributed by atoms with Gasteiger partial charge >= 0.3 is 0 Å². The Labute approximate surface area is 158 Å². The van der Waals surface area contributed by atoms with Crippen molar-refractivity contribution in [3.8, 4) is 0 Å². The van der Waals surface area contributed by atoms with Gasteiger partial charge in [0.05, 0.1) is 18.8 Å². The fourth-order valence-corrected chi connectivity index (χ4v) is 3.63. The molecule has 1 aromatic carbocycles. The molecule has 6 heteroatoms. The predicted molar refractivity (Wildman–Crippen MR) is 109 cm³/mol. The third kappa shape index (κ3) is 4.07. The normalized spacial score (nSPS) is 12.6. The third-order valence-electron chi connectivity index (χ3n) is 4.31. The van der Waals surface area contributed by atoms with Gasteiger partial charge in [0.15, 0.2) is 5.96 Å². The average Bonchev–Trinajstić information content (AvgIpc) is 3.21. The van der Waals surface area contributed by atoms with Gasteiger partial charge in [0.2, 0.25) is 0 Å². The predicted octanol–water partition coefficient (Wildman–Crippen LogP) is 4.36. The number of nitrogens with zero attached hydrogens (tertiary/aromatic N) is 2. The number of thiazole rings is 1. The van der Waals surface area contributed by atoms with Gasteiger partial charge in [-0.3, -0.25) is 4.99 Å². The number of nitrogens with one attached hydrogen (secondary N) is 2. The lowest BCUT2D eigenvalue weighted by atomic mass is 9.93. The molecular weight excluding hydrogens is 344 g/mol. The number of fused-ring (bicyclic) bond motifs is 1. The molecule has 0 spiro atoms. The van der Waals surface area contributed by atoms with Crippen LogP contribution in [0.1, 0.15) is 42.8 Å². The smallest absolute Gasteiger partial charge is 0.191 e. The average molecular weight is 371 g/mol. The van der Waals surface area contributed by atoms with E-state index in [1.54, 1.807) is 18.4 Å². The van der Waals surface area contributed by atoms with Crippen molar-refractivity contribution in [3.63, 3.8) is 0 Å². The molecule has 0 saturated carbocycles. The van der Waals surface area contributed by atoms with Crippen LogP contribution in [-0.2, 0) is 18.5 Å². The largest absolute Gasteiger partial charge is 0.459 e. The van der Waals surface area contributed by atoms with Crippen LogP contribution in [0.3, 0.4) is 0 Å². The van der Waals surface area contributed by atoms with Crippen molar-refractivity contribution in [2.45, 2.75) is 46.2 Å². The molecule has 26 heavy (non-hydrogen) atoms. The van der Waals surface area contributed by atoms with E-state index < -0.39 is 0 Å². The Morgan fingerprint density at radius 1 is 1.19 bits per heavy atom. The van der Waals surface area contributed by atoms with Crippen LogP contribution < -0.4 is 10.6 Å². The van der Waals surface area contributed by atoms with Gasteiger partial charge in [0.25, 0.3) is 0 Å². The minimum Gasteiger partial charge on any atom is -0.459 e. The molecule has 0 unspecified atom stereocenters. The zero-order valence-electron chi connectivity index (χ0n) is 16.0. The molecule has 0 fully saturated rings. The van der Waals surface area contributed by atoms with E-state index in [-0.39, 0.29) is 5.41 Å². The monoisotopic (exact) mass is 370 g/mol. The van der Waals surface area contributed by atoms with Gasteiger partial charge in [-0.05, 0) is 13.0 Å². The summed E-state index contributed by atoms with van der Waals surface area (Å²) in [6, 6.07) is 8.10. The van der Waals surface area contributed by atoms with Crippen LogP contribution in [-0.4, -0.2) is 18.0 Å². The molecule has 0 aliphatic heterocycles. The summed E-state index contributed by atoms with van der Waals surface area (Å²) in [7, 11) is 1.77. The number of guanidine groups is 1. The van der Waals surface area contributed by atoms with E-state index in [1.807, 2.05) is 18.2 Å². The third-order valence-corrected chi connectivity index (χ3v) is 5.16. The van der Waals surface area contributed by atoms with E-state index >= 15 is 0 Å². The maximum absolute atomic E-state index is 5.94. The number of aliphatic imine (C=N–C) groups is 1. The van der Waals surface area contributed by atoms with Crippen LogP contribution >= 0.6 is 11.3 Å². The van der Waals surface area contributed by atoms with Gasteiger partial charge in [-0.1, -0.05) is 39.0 Å². The Hall–Kier alpha value is -2.34. The van der Waals surface area contributed by atoms with Gasteiger partial charge < -0.3 is 15.1 Å². The van der Waals surface area contributed by atoms with Crippen LogP contribution in [0.2, 0.25) is 0 Å². The van der Waals surface area contributed by atoms with E-state index in [0.29, 0.717) is 13.1 Å². The molecule has 2 N–H and O–H groups in total. The molecule has 0 aliphatic carbocycles. The summed E-state index contributed by atoms with van der Waals surface area (Å²) in [6.07, 6.45) is 0.